The molecule has 0 bridgehead atoms. The molecule has 1 saturated heterocycles. The average Bonchev–Trinajstić information content (AvgIpc) is 3.32. The fourth-order valence-corrected chi connectivity index (χ4v) is 3.88. The van der Waals surface area contributed by atoms with Crippen LogP contribution in [-0.4, -0.2) is 36.1 Å². The Balaban J connectivity index is 1.45. The number of hydrogen-bond acceptors (Lipinski definition) is 6. The van der Waals surface area contributed by atoms with E-state index >= 15 is 0 Å². The highest BCUT2D eigenvalue weighted by molar-refractivity contribution is 7.17. The van der Waals surface area contributed by atoms with Gasteiger partial charge in [0.2, 0.25) is 0 Å². The summed E-state index contributed by atoms with van der Waals surface area (Å²) < 4.78 is 12.2. The number of carbonyl (C=O) groups excluding carboxylic acids is 2. The molecule has 1 N–H and O–H groups in total. The highest BCUT2D eigenvalue weighted by Gasteiger charge is 2.20. The lowest BCUT2D eigenvalue weighted by atomic mass is 10.2. The summed E-state index contributed by atoms with van der Waals surface area (Å²) in [7, 11) is 0. The molecule has 1 aliphatic rings. The van der Waals surface area contributed by atoms with Crippen LogP contribution in [0.25, 0.3) is 5.69 Å². The number of hydrogen-bond donors (Lipinski definition) is 1. The lowest BCUT2D eigenvalue weighted by Crippen LogP contribution is -2.41. The van der Waals surface area contributed by atoms with Crippen molar-refractivity contribution in [2.24, 2.45) is 0 Å². The molecule has 29 heavy (non-hydrogen) atoms. The van der Waals surface area contributed by atoms with E-state index in [0.29, 0.717) is 33.8 Å². The third-order valence-corrected chi connectivity index (χ3v) is 5.56. The number of aromatic nitrogens is 1. The Morgan fingerprint density at radius 2 is 1.90 bits per heavy atom. The minimum atomic E-state index is -0.566. The molecule has 4 rings (SSSR count). The van der Waals surface area contributed by atoms with E-state index in [1.54, 1.807) is 41.3 Å². The van der Waals surface area contributed by atoms with Gasteiger partial charge in [0.25, 0.3) is 11.8 Å². The fourth-order valence-electron chi connectivity index (χ4n) is 2.92. The van der Waals surface area contributed by atoms with Crippen LogP contribution in [0.3, 0.4) is 0 Å². The molecule has 2 amide bonds. The van der Waals surface area contributed by atoms with Crippen LogP contribution in [0.1, 0.15) is 15.4 Å². The Labute approximate surface area is 174 Å². The minimum Gasteiger partial charge on any atom is -0.411 e. The largest absolute Gasteiger partial charge is 0.423 e. The Morgan fingerprint density at radius 3 is 2.59 bits per heavy atom. The molecule has 10 heteroatoms. The Bertz CT molecular complexity index is 1100. The first-order chi connectivity index (χ1) is 14.0. The van der Waals surface area contributed by atoms with Gasteiger partial charge in [0.1, 0.15) is 12.4 Å². The van der Waals surface area contributed by atoms with E-state index in [4.69, 9.17) is 20.8 Å². The van der Waals surface area contributed by atoms with Gasteiger partial charge in [0.05, 0.1) is 34.2 Å². The predicted molar refractivity (Wildman–Crippen MR) is 108 cm³/mol. The summed E-state index contributed by atoms with van der Waals surface area (Å²) in [5.41, 5.74) is 1.33. The average molecular weight is 434 g/mol. The lowest BCUT2D eigenvalue weighted by molar-refractivity contribution is -0.125. The van der Waals surface area contributed by atoms with E-state index in [1.165, 1.54) is 22.1 Å². The molecule has 0 aliphatic carbocycles. The van der Waals surface area contributed by atoms with Crippen LogP contribution in [0.5, 0.6) is 0 Å². The fraction of sp³-hybridized carbons (Fsp3) is 0.211. The van der Waals surface area contributed by atoms with Gasteiger partial charge in [-0.2, -0.15) is 0 Å². The topological polar surface area (TPSA) is 93.8 Å². The Kier molecular flexibility index (Phi) is 5.52. The molecular weight excluding hydrogens is 418 g/mol. The number of ether oxygens (including phenoxy) is 1. The molecule has 0 radical (unpaired) electrons. The van der Waals surface area contributed by atoms with Gasteiger partial charge in [0, 0.05) is 12.2 Å². The zero-order valence-electron chi connectivity index (χ0n) is 15.1. The highest BCUT2D eigenvalue weighted by atomic mass is 35.5. The van der Waals surface area contributed by atoms with Crippen molar-refractivity contribution >= 4 is 40.4 Å². The van der Waals surface area contributed by atoms with Gasteiger partial charge in [0.15, 0.2) is 0 Å². The molecule has 3 aromatic rings. The molecule has 3 heterocycles. The zero-order valence-corrected chi connectivity index (χ0v) is 16.7. The van der Waals surface area contributed by atoms with Crippen molar-refractivity contribution in [3.8, 4) is 5.69 Å². The van der Waals surface area contributed by atoms with E-state index in [1.807, 2.05) is 0 Å². The number of carbonyl (C=O) groups is 2. The summed E-state index contributed by atoms with van der Waals surface area (Å²) in [6.45, 7) is 1.11. The minimum absolute atomic E-state index is 0.0652. The molecule has 0 unspecified atom stereocenters. The first-order valence-electron chi connectivity index (χ1n) is 8.75. The molecule has 1 aromatic carbocycles. The monoisotopic (exact) mass is 433 g/mol. The van der Waals surface area contributed by atoms with E-state index in [2.05, 4.69) is 5.32 Å². The quantitative estimate of drug-likeness (QED) is 0.667. The SMILES string of the molecule is O=C(NCc1cn(-c2ccc(N3CCOCC3=O)cc2)c(=O)o1)c1ccc(Cl)s1. The molecule has 1 aliphatic heterocycles. The van der Waals surface area contributed by atoms with Gasteiger partial charge in [-0.15, -0.1) is 11.3 Å². The zero-order chi connectivity index (χ0) is 20.4. The first kappa shape index (κ1) is 19.4. The second-order valence-corrected chi connectivity index (χ2v) is 7.95. The van der Waals surface area contributed by atoms with Gasteiger partial charge in [-0.25, -0.2) is 9.36 Å². The molecular formula is C19H16ClN3O5S. The van der Waals surface area contributed by atoms with Crippen molar-refractivity contribution in [2.75, 3.05) is 24.7 Å². The van der Waals surface area contributed by atoms with Crippen LogP contribution in [0.2, 0.25) is 4.34 Å². The van der Waals surface area contributed by atoms with Crippen LogP contribution in [0, 0.1) is 0 Å². The van der Waals surface area contributed by atoms with Crippen molar-refractivity contribution in [3.05, 3.63) is 68.1 Å². The maximum absolute atomic E-state index is 12.2. The predicted octanol–water partition coefficient (Wildman–Crippen LogP) is 2.44. The van der Waals surface area contributed by atoms with E-state index in [9.17, 15) is 14.4 Å². The van der Waals surface area contributed by atoms with Gasteiger partial charge in [-0.1, -0.05) is 11.6 Å². The van der Waals surface area contributed by atoms with E-state index < -0.39 is 5.76 Å². The highest BCUT2D eigenvalue weighted by Crippen LogP contribution is 2.21. The number of oxazole rings is 1. The summed E-state index contributed by atoms with van der Waals surface area (Å²) in [6.07, 6.45) is 1.53. The van der Waals surface area contributed by atoms with Crippen molar-refractivity contribution < 1.29 is 18.7 Å². The number of benzene rings is 1. The first-order valence-corrected chi connectivity index (χ1v) is 9.94. The van der Waals surface area contributed by atoms with Crippen LogP contribution >= 0.6 is 22.9 Å². The molecule has 0 atom stereocenters. The van der Waals surface area contributed by atoms with E-state index in [-0.39, 0.29) is 25.0 Å². The number of nitrogens with zero attached hydrogens (tertiary/aromatic N) is 2. The van der Waals surface area contributed by atoms with Gasteiger partial charge < -0.3 is 19.4 Å². The number of halogens is 1. The molecule has 150 valence electrons. The second-order valence-electron chi connectivity index (χ2n) is 6.23. The summed E-state index contributed by atoms with van der Waals surface area (Å²) in [5.74, 6) is -0.645. The maximum Gasteiger partial charge on any atom is 0.423 e. The van der Waals surface area contributed by atoms with Gasteiger partial charge in [-0.3, -0.25) is 9.59 Å². The summed E-state index contributed by atoms with van der Waals surface area (Å²) in [5, 5.41) is 2.69. The molecule has 1 fully saturated rings. The van der Waals surface area contributed by atoms with Crippen LogP contribution in [-0.2, 0) is 16.1 Å². The molecule has 2 aromatic heterocycles. The number of anilines is 1. The third kappa shape index (κ3) is 4.26. The third-order valence-electron chi connectivity index (χ3n) is 4.33. The van der Waals surface area contributed by atoms with Gasteiger partial charge >= 0.3 is 5.76 Å². The van der Waals surface area contributed by atoms with Crippen molar-refractivity contribution in [3.63, 3.8) is 0 Å². The van der Waals surface area contributed by atoms with Crippen molar-refractivity contribution in [1.29, 1.82) is 0 Å². The number of thiophene rings is 1. The molecule has 0 spiro atoms. The lowest BCUT2D eigenvalue weighted by Gasteiger charge is -2.26. The Hall–Kier alpha value is -2.88. The number of nitrogens with one attached hydrogen (secondary N) is 1. The van der Waals surface area contributed by atoms with Gasteiger partial charge in [-0.05, 0) is 36.4 Å². The second kappa shape index (κ2) is 8.24. The number of amides is 2. The number of morpholine rings is 1. The summed E-state index contributed by atoms with van der Waals surface area (Å²) >= 11 is 7.00. The van der Waals surface area contributed by atoms with Crippen molar-refractivity contribution in [2.45, 2.75) is 6.54 Å². The molecule has 0 saturated carbocycles. The smallest absolute Gasteiger partial charge is 0.411 e. The summed E-state index contributed by atoms with van der Waals surface area (Å²) in [4.78, 5) is 38.3. The molecule has 8 nitrogen and oxygen atoms in total. The standard InChI is InChI=1S/C19H16ClN3O5S/c20-16-6-5-15(29-16)18(25)21-9-14-10-23(19(26)28-14)13-3-1-12(2-4-13)22-7-8-27-11-17(22)24/h1-6,10H,7-9,11H2,(H,21,25). The van der Waals surface area contributed by atoms with Crippen LogP contribution in [0.15, 0.2) is 51.8 Å². The Morgan fingerprint density at radius 1 is 1.14 bits per heavy atom. The van der Waals surface area contributed by atoms with Crippen LogP contribution < -0.4 is 16.0 Å². The summed E-state index contributed by atoms with van der Waals surface area (Å²) in [6, 6.07) is 10.3. The number of rotatable bonds is 5. The van der Waals surface area contributed by atoms with Crippen molar-refractivity contribution in [1.82, 2.24) is 9.88 Å². The van der Waals surface area contributed by atoms with E-state index in [0.717, 1.165) is 5.69 Å². The maximum atomic E-state index is 12.2. The normalized spacial score (nSPS) is 14.2. The van der Waals surface area contributed by atoms with Crippen LogP contribution in [0.4, 0.5) is 5.69 Å².